The molecule has 0 saturated carbocycles. The summed E-state index contributed by atoms with van der Waals surface area (Å²) in [6.07, 6.45) is 0. The lowest BCUT2D eigenvalue weighted by Crippen LogP contribution is -1.83. The molecule has 16 heavy (non-hydrogen) atoms. The molecule has 0 aliphatic heterocycles. The maximum Gasteiger partial charge on any atom is 0.0487 e. The zero-order chi connectivity index (χ0) is 11.7. The van der Waals surface area contributed by atoms with Gasteiger partial charge in [0.2, 0.25) is 0 Å². The number of rotatable bonds is 1. The van der Waals surface area contributed by atoms with E-state index in [0.29, 0.717) is 15.1 Å². The third-order valence-electron chi connectivity index (χ3n) is 2.34. The van der Waals surface area contributed by atoms with Crippen molar-refractivity contribution >= 4 is 34.8 Å². The van der Waals surface area contributed by atoms with E-state index in [2.05, 4.69) is 0 Å². The van der Waals surface area contributed by atoms with Crippen LogP contribution in [0.3, 0.4) is 0 Å². The van der Waals surface area contributed by atoms with Crippen molar-refractivity contribution in [2.75, 3.05) is 0 Å². The summed E-state index contributed by atoms with van der Waals surface area (Å²) in [6.45, 7) is 2.00. The second kappa shape index (κ2) is 4.67. The van der Waals surface area contributed by atoms with Crippen molar-refractivity contribution in [3.63, 3.8) is 0 Å². The first-order valence-electron chi connectivity index (χ1n) is 4.79. The van der Waals surface area contributed by atoms with Gasteiger partial charge >= 0.3 is 0 Å². The molecule has 0 N–H and O–H groups in total. The molecule has 0 unspecified atom stereocenters. The highest BCUT2D eigenvalue weighted by atomic mass is 35.5. The number of benzene rings is 2. The zero-order valence-electron chi connectivity index (χ0n) is 8.60. The molecule has 2 rings (SSSR count). The van der Waals surface area contributed by atoms with E-state index in [0.717, 1.165) is 16.7 Å². The Labute approximate surface area is 110 Å². The molecule has 0 saturated heterocycles. The Kier molecular flexibility index (Phi) is 3.44. The molecule has 0 bridgehead atoms. The van der Waals surface area contributed by atoms with E-state index in [1.54, 1.807) is 12.1 Å². The van der Waals surface area contributed by atoms with Gasteiger partial charge in [-0.1, -0.05) is 46.9 Å². The third-order valence-corrected chi connectivity index (χ3v) is 3.22. The zero-order valence-corrected chi connectivity index (χ0v) is 10.9. The van der Waals surface area contributed by atoms with Gasteiger partial charge in [0.05, 0.1) is 0 Å². The van der Waals surface area contributed by atoms with Crippen LogP contribution in [-0.4, -0.2) is 0 Å². The Hall–Kier alpha value is -0.690. The lowest BCUT2D eigenvalue weighted by atomic mass is 10.0. The average Bonchev–Trinajstić information content (AvgIpc) is 2.22. The van der Waals surface area contributed by atoms with Gasteiger partial charge in [-0.15, -0.1) is 0 Å². The lowest BCUT2D eigenvalue weighted by molar-refractivity contribution is 1.47. The van der Waals surface area contributed by atoms with E-state index in [1.165, 1.54) is 0 Å². The van der Waals surface area contributed by atoms with Crippen LogP contribution in [0.2, 0.25) is 15.1 Å². The van der Waals surface area contributed by atoms with Crippen LogP contribution in [0.4, 0.5) is 0 Å². The topological polar surface area (TPSA) is 0 Å². The highest BCUT2D eigenvalue weighted by Gasteiger charge is 2.08. The van der Waals surface area contributed by atoms with Gasteiger partial charge in [-0.2, -0.15) is 0 Å². The van der Waals surface area contributed by atoms with Crippen molar-refractivity contribution in [3.8, 4) is 11.1 Å². The molecule has 0 heterocycles. The number of halogens is 3. The molecule has 2 aromatic rings. The minimum atomic E-state index is 0.648. The highest BCUT2D eigenvalue weighted by Crippen LogP contribution is 2.35. The molecule has 0 atom stereocenters. The summed E-state index contributed by atoms with van der Waals surface area (Å²) >= 11 is 18.3. The molecular weight excluding hydrogens is 263 g/mol. The van der Waals surface area contributed by atoms with Crippen LogP contribution in [0.15, 0.2) is 36.4 Å². The molecule has 2 aromatic carbocycles. The van der Waals surface area contributed by atoms with Crippen molar-refractivity contribution in [1.29, 1.82) is 0 Å². The van der Waals surface area contributed by atoms with Gasteiger partial charge in [0, 0.05) is 26.2 Å². The maximum atomic E-state index is 6.19. The van der Waals surface area contributed by atoms with Gasteiger partial charge in [-0.25, -0.2) is 0 Å². The largest absolute Gasteiger partial charge is 0.0843 e. The maximum absolute atomic E-state index is 6.19. The molecule has 0 spiro atoms. The van der Waals surface area contributed by atoms with Gasteiger partial charge < -0.3 is 0 Å². The van der Waals surface area contributed by atoms with Crippen molar-refractivity contribution in [1.82, 2.24) is 0 Å². The summed E-state index contributed by atoms with van der Waals surface area (Å²) < 4.78 is 0. The minimum absolute atomic E-state index is 0.648. The third kappa shape index (κ3) is 2.35. The molecule has 0 aliphatic rings. The van der Waals surface area contributed by atoms with E-state index in [1.807, 2.05) is 31.2 Å². The van der Waals surface area contributed by atoms with E-state index in [4.69, 9.17) is 34.8 Å². The molecule has 0 amide bonds. The fourth-order valence-electron chi connectivity index (χ4n) is 1.54. The molecule has 0 fully saturated rings. The standard InChI is InChI=1S/C13H9Cl3/c1-8-2-4-10(13(16)6-8)11-7-9(14)3-5-12(11)15/h2-7H,1H3. The fraction of sp³-hybridized carbons (Fsp3) is 0.0769. The van der Waals surface area contributed by atoms with E-state index in [9.17, 15) is 0 Å². The van der Waals surface area contributed by atoms with Crippen LogP contribution < -0.4 is 0 Å². The highest BCUT2D eigenvalue weighted by molar-refractivity contribution is 6.37. The normalized spacial score (nSPS) is 10.5. The molecule has 0 radical (unpaired) electrons. The molecule has 3 heteroatoms. The smallest absolute Gasteiger partial charge is 0.0487 e. The van der Waals surface area contributed by atoms with Gasteiger partial charge in [-0.05, 0) is 36.8 Å². The SMILES string of the molecule is Cc1ccc(-c2cc(Cl)ccc2Cl)c(Cl)c1. The summed E-state index contributed by atoms with van der Waals surface area (Å²) in [5.74, 6) is 0. The number of hydrogen-bond acceptors (Lipinski definition) is 0. The monoisotopic (exact) mass is 270 g/mol. The quantitative estimate of drug-likeness (QED) is 0.631. The first kappa shape index (κ1) is 11.8. The average molecular weight is 272 g/mol. The van der Waals surface area contributed by atoms with Crippen LogP contribution in [0.1, 0.15) is 5.56 Å². The van der Waals surface area contributed by atoms with E-state index < -0.39 is 0 Å². The first-order chi connectivity index (χ1) is 7.58. The van der Waals surface area contributed by atoms with Gasteiger partial charge in [0.1, 0.15) is 0 Å². The van der Waals surface area contributed by atoms with Crippen LogP contribution >= 0.6 is 34.8 Å². The second-order valence-corrected chi connectivity index (χ2v) is 4.86. The summed E-state index contributed by atoms with van der Waals surface area (Å²) in [4.78, 5) is 0. The van der Waals surface area contributed by atoms with E-state index >= 15 is 0 Å². The lowest BCUT2D eigenvalue weighted by Gasteiger charge is -2.08. The molecular formula is C13H9Cl3. The molecule has 0 aromatic heterocycles. The number of aryl methyl sites for hydroxylation is 1. The predicted molar refractivity (Wildman–Crippen MR) is 71.6 cm³/mol. The summed E-state index contributed by atoms with van der Waals surface area (Å²) in [6, 6.07) is 11.2. The van der Waals surface area contributed by atoms with Gasteiger partial charge in [0.25, 0.3) is 0 Å². The van der Waals surface area contributed by atoms with Crippen molar-refractivity contribution in [2.45, 2.75) is 6.92 Å². The van der Waals surface area contributed by atoms with Crippen molar-refractivity contribution < 1.29 is 0 Å². The van der Waals surface area contributed by atoms with E-state index in [-0.39, 0.29) is 0 Å². The second-order valence-electron chi connectivity index (χ2n) is 3.61. The van der Waals surface area contributed by atoms with Crippen LogP contribution in [0, 0.1) is 6.92 Å². The van der Waals surface area contributed by atoms with Gasteiger partial charge in [0.15, 0.2) is 0 Å². The summed E-state index contributed by atoms with van der Waals surface area (Å²) in [7, 11) is 0. The molecule has 82 valence electrons. The van der Waals surface area contributed by atoms with Crippen molar-refractivity contribution in [2.24, 2.45) is 0 Å². The Balaban J connectivity index is 2.62. The van der Waals surface area contributed by atoms with Crippen LogP contribution in [-0.2, 0) is 0 Å². The van der Waals surface area contributed by atoms with Crippen molar-refractivity contribution in [3.05, 3.63) is 57.0 Å². The molecule has 0 nitrogen and oxygen atoms in total. The van der Waals surface area contributed by atoms with Gasteiger partial charge in [-0.3, -0.25) is 0 Å². The van der Waals surface area contributed by atoms with Crippen LogP contribution in [0.5, 0.6) is 0 Å². The predicted octanol–water partition coefficient (Wildman–Crippen LogP) is 5.62. The molecule has 0 aliphatic carbocycles. The fourth-order valence-corrected chi connectivity index (χ4v) is 2.27. The Morgan fingerprint density at radius 2 is 1.50 bits per heavy atom. The summed E-state index contributed by atoms with van der Waals surface area (Å²) in [5.41, 5.74) is 2.88. The minimum Gasteiger partial charge on any atom is -0.0843 e. The Morgan fingerprint density at radius 3 is 2.19 bits per heavy atom. The summed E-state index contributed by atoms with van der Waals surface area (Å²) in [5, 5.41) is 1.98. The van der Waals surface area contributed by atoms with Crippen LogP contribution in [0.25, 0.3) is 11.1 Å². The first-order valence-corrected chi connectivity index (χ1v) is 5.93. The Morgan fingerprint density at radius 1 is 0.750 bits per heavy atom. The Bertz CT molecular complexity index is 533. The number of hydrogen-bond donors (Lipinski definition) is 0.